The molecule has 178 valence electrons. The molecule has 3 heterocycles. The van der Waals surface area contributed by atoms with Gasteiger partial charge >= 0.3 is 6.61 Å². The van der Waals surface area contributed by atoms with Crippen molar-refractivity contribution in [2.24, 2.45) is 7.05 Å². The number of nitrogens with zero attached hydrogens (tertiary/aromatic N) is 6. The summed E-state index contributed by atoms with van der Waals surface area (Å²) in [5.74, 6) is -0.752. The van der Waals surface area contributed by atoms with Crippen LogP contribution in [0.25, 0.3) is 22.4 Å². The van der Waals surface area contributed by atoms with E-state index < -0.39 is 18.5 Å². The third-order valence-corrected chi connectivity index (χ3v) is 5.56. The summed E-state index contributed by atoms with van der Waals surface area (Å²) < 4.78 is 47.6. The molecule has 0 aliphatic carbocycles. The average Bonchev–Trinajstić information content (AvgIpc) is 3.43. The molecule has 3 aromatic heterocycles. The zero-order chi connectivity index (χ0) is 24.4. The molecule has 0 radical (unpaired) electrons. The lowest BCUT2D eigenvalue weighted by Crippen LogP contribution is -2.36. The van der Waals surface area contributed by atoms with Crippen molar-refractivity contribution in [1.82, 2.24) is 24.8 Å². The summed E-state index contributed by atoms with van der Waals surface area (Å²) in [6.07, 6.45) is 5.91. The summed E-state index contributed by atoms with van der Waals surface area (Å²) in [5.41, 5.74) is 7.72. The summed E-state index contributed by atoms with van der Waals surface area (Å²) >= 11 is 5.86. The van der Waals surface area contributed by atoms with E-state index in [0.29, 0.717) is 16.0 Å². The second-order valence-electron chi connectivity index (χ2n) is 7.38. The highest BCUT2D eigenvalue weighted by molar-refractivity contribution is 6.31. The van der Waals surface area contributed by atoms with Crippen LogP contribution in [0.4, 0.5) is 18.9 Å². The topological polar surface area (TPSA) is 111 Å². The number of pyridine rings is 1. The first-order chi connectivity index (χ1) is 16.3. The van der Waals surface area contributed by atoms with Crippen LogP contribution in [-0.4, -0.2) is 38.0 Å². The van der Waals surface area contributed by atoms with Gasteiger partial charge in [0.25, 0.3) is 0 Å². The fraction of sp³-hybridized carbons (Fsp3) is 0.238. The fourth-order valence-electron chi connectivity index (χ4n) is 3.63. The van der Waals surface area contributed by atoms with Crippen LogP contribution in [0.5, 0.6) is 0 Å². The number of halogens is 4. The molecule has 0 bridgehead atoms. The molecule has 9 nitrogen and oxygen atoms in total. The second kappa shape index (κ2) is 9.69. The van der Waals surface area contributed by atoms with Gasteiger partial charge in [0.1, 0.15) is 6.04 Å². The molecule has 4 rings (SSSR count). The molecule has 0 saturated carbocycles. The Balaban J connectivity index is 1.72. The average molecular weight is 494 g/mol. The third kappa shape index (κ3) is 4.68. The zero-order valence-electron chi connectivity index (χ0n) is 17.8. The first kappa shape index (κ1) is 23.5. The van der Waals surface area contributed by atoms with E-state index in [1.807, 2.05) is 0 Å². The Morgan fingerprint density at radius 2 is 2.00 bits per heavy atom. The number of aromatic nitrogens is 6. The maximum atomic E-state index is 14.6. The number of nitrogen functional groups attached to an aromatic ring is 1. The molecule has 1 aromatic carbocycles. The lowest BCUT2D eigenvalue weighted by atomic mass is 10.0. The van der Waals surface area contributed by atoms with Gasteiger partial charge in [0, 0.05) is 42.5 Å². The standard InChI is InChI=1S/C21H19ClF3N7O2/c1-30-18(9-27-29-30)13-8-28-31(10-13)16(6-7-34-21(24)25)17-5-2-12(11-32(17)33)19-15(26)4-3-14(22)20(19)23/h2-5,8-11,16,21H,6-7,26H2,1H3/t16-/m0/s1. The van der Waals surface area contributed by atoms with Crippen molar-refractivity contribution in [1.29, 1.82) is 0 Å². The van der Waals surface area contributed by atoms with Gasteiger partial charge in [-0.15, -0.1) is 5.10 Å². The fourth-order valence-corrected chi connectivity index (χ4v) is 3.79. The van der Waals surface area contributed by atoms with Crippen LogP contribution in [0.2, 0.25) is 5.02 Å². The molecule has 0 fully saturated rings. The minimum atomic E-state index is -2.95. The number of hydrogen-bond donors (Lipinski definition) is 1. The normalized spacial score (nSPS) is 12.4. The molecule has 0 saturated heterocycles. The number of aryl methyl sites for hydroxylation is 1. The summed E-state index contributed by atoms with van der Waals surface area (Å²) in [6, 6.07) is 4.96. The van der Waals surface area contributed by atoms with Crippen molar-refractivity contribution in [2.75, 3.05) is 12.3 Å². The van der Waals surface area contributed by atoms with Crippen LogP contribution in [0.15, 0.2) is 49.1 Å². The first-order valence-corrected chi connectivity index (χ1v) is 10.4. The van der Waals surface area contributed by atoms with E-state index in [0.717, 1.165) is 6.20 Å². The zero-order valence-corrected chi connectivity index (χ0v) is 18.5. The van der Waals surface area contributed by atoms with Gasteiger partial charge in [-0.1, -0.05) is 16.8 Å². The van der Waals surface area contributed by atoms with E-state index in [4.69, 9.17) is 17.3 Å². The molecule has 13 heteroatoms. The molecule has 0 spiro atoms. The molecule has 0 unspecified atom stereocenters. The predicted molar refractivity (Wildman–Crippen MR) is 117 cm³/mol. The molecule has 2 N–H and O–H groups in total. The van der Waals surface area contributed by atoms with E-state index >= 15 is 0 Å². The Bertz CT molecular complexity index is 1310. The van der Waals surface area contributed by atoms with Gasteiger partial charge in [-0.25, -0.2) is 9.07 Å². The highest BCUT2D eigenvalue weighted by atomic mass is 35.5. The molecule has 0 aliphatic rings. The number of hydrogen-bond acceptors (Lipinski definition) is 6. The maximum Gasteiger partial charge on any atom is 0.345 e. The van der Waals surface area contributed by atoms with Gasteiger partial charge in [-0.3, -0.25) is 4.68 Å². The monoisotopic (exact) mass is 493 g/mol. The summed E-state index contributed by atoms with van der Waals surface area (Å²) in [7, 11) is 1.71. The van der Waals surface area contributed by atoms with E-state index in [2.05, 4.69) is 20.1 Å². The van der Waals surface area contributed by atoms with Gasteiger partial charge in [0.2, 0.25) is 5.69 Å². The molecular weight excluding hydrogens is 475 g/mol. The lowest BCUT2D eigenvalue weighted by molar-refractivity contribution is -0.615. The summed E-state index contributed by atoms with van der Waals surface area (Å²) in [6.45, 7) is -3.28. The number of alkyl halides is 2. The molecule has 4 aromatic rings. The van der Waals surface area contributed by atoms with Crippen LogP contribution in [-0.2, 0) is 11.8 Å². The van der Waals surface area contributed by atoms with E-state index in [1.165, 1.54) is 28.9 Å². The molecule has 0 aliphatic heterocycles. The predicted octanol–water partition coefficient (Wildman–Crippen LogP) is 3.57. The number of ether oxygens (including phenoxy) is 1. The minimum absolute atomic E-state index is 0.00804. The Kier molecular flexibility index (Phi) is 6.70. The van der Waals surface area contributed by atoms with Crippen molar-refractivity contribution in [3.8, 4) is 22.4 Å². The Hall–Kier alpha value is -3.64. The van der Waals surface area contributed by atoms with E-state index in [1.54, 1.807) is 30.3 Å². The van der Waals surface area contributed by atoms with E-state index in [-0.39, 0.29) is 40.6 Å². The number of rotatable bonds is 8. The number of nitrogens with two attached hydrogens (primary N) is 1. The van der Waals surface area contributed by atoms with Crippen LogP contribution in [0.3, 0.4) is 0 Å². The number of anilines is 1. The van der Waals surface area contributed by atoms with Gasteiger partial charge in [0.05, 0.1) is 35.3 Å². The smallest absolute Gasteiger partial charge is 0.345 e. The van der Waals surface area contributed by atoms with Crippen LogP contribution < -0.4 is 10.5 Å². The Morgan fingerprint density at radius 3 is 2.68 bits per heavy atom. The van der Waals surface area contributed by atoms with Crippen molar-refractivity contribution < 1.29 is 22.6 Å². The van der Waals surface area contributed by atoms with Gasteiger partial charge in [0.15, 0.2) is 12.0 Å². The third-order valence-electron chi connectivity index (χ3n) is 5.27. The van der Waals surface area contributed by atoms with Crippen molar-refractivity contribution in [2.45, 2.75) is 19.1 Å². The largest absolute Gasteiger partial charge is 0.618 e. The first-order valence-electron chi connectivity index (χ1n) is 10.0. The number of benzene rings is 1. The molecular formula is C21H19ClF3N7O2. The van der Waals surface area contributed by atoms with Crippen molar-refractivity contribution in [3.05, 3.63) is 70.8 Å². The molecule has 0 amide bonds. The SMILES string of the molecule is Cn1nncc1-c1cnn([C@@H](CCOC(F)F)c2ccc(-c3c(N)ccc(Cl)c3F)c[n+]2[O-])c1. The van der Waals surface area contributed by atoms with Crippen LogP contribution >= 0.6 is 11.6 Å². The maximum absolute atomic E-state index is 14.6. The highest BCUT2D eigenvalue weighted by Crippen LogP contribution is 2.33. The van der Waals surface area contributed by atoms with Crippen LogP contribution in [0.1, 0.15) is 18.2 Å². The van der Waals surface area contributed by atoms with Crippen molar-refractivity contribution >= 4 is 17.3 Å². The van der Waals surface area contributed by atoms with E-state index in [9.17, 15) is 18.4 Å². The highest BCUT2D eigenvalue weighted by Gasteiger charge is 2.26. The Morgan fingerprint density at radius 1 is 1.21 bits per heavy atom. The van der Waals surface area contributed by atoms with Crippen LogP contribution in [0, 0.1) is 11.0 Å². The molecule has 34 heavy (non-hydrogen) atoms. The molecule has 1 atom stereocenters. The van der Waals surface area contributed by atoms with Gasteiger partial charge in [-0.05, 0) is 18.2 Å². The van der Waals surface area contributed by atoms with Crippen molar-refractivity contribution in [3.63, 3.8) is 0 Å². The summed E-state index contributed by atoms with van der Waals surface area (Å²) in [5, 5.41) is 24.8. The summed E-state index contributed by atoms with van der Waals surface area (Å²) in [4.78, 5) is 0. The second-order valence-corrected chi connectivity index (χ2v) is 7.79. The van der Waals surface area contributed by atoms with Gasteiger partial charge in [-0.2, -0.15) is 18.6 Å². The minimum Gasteiger partial charge on any atom is -0.618 e. The lowest BCUT2D eigenvalue weighted by Gasteiger charge is -2.18. The van der Waals surface area contributed by atoms with Gasteiger partial charge < -0.3 is 15.7 Å². The Labute approximate surface area is 196 Å². The quantitative estimate of drug-likeness (QED) is 0.228.